The van der Waals surface area contributed by atoms with Crippen molar-refractivity contribution >= 4 is 17.8 Å². The van der Waals surface area contributed by atoms with Gasteiger partial charge in [0.2, 0.25) is 17.8 Å². The standard InChI is InChI=1S/C21H30N6O4/c1-28-17-4-3-16(15-18(17)29-2)5-6-22-19-23-20(26-7-11-30-12-8-26)25-21(24-19)27-9-13-31-14-10-27/h3-4,15H,5-14H2,1-2H3,(H,22,23,24,25). The van der Waals surface area contributed by atoms with E-state index in [0.717, 1.165) is 49.7 Å². The van der Waals surface area contributed by atoms with Crippen molar-refractivity contribution < 1.29 is 18.9 Å². The van der Waals surface area contributed by atoms with Gasteiger partial charge in [0.05, 0.1) is 40.6 Å². The van der Waals surface area contributed by atoms with Gasteiger partial charge in [-0.15, -0.1) is 0 Å². The molecular formula is C21H30N6O4. The maximum Gasteiger partial charge on any atom is 0.232 e. The predicted octanol–water partition coefficient (Wildman–Crippen LogP) is 1.22. The number of nitrogens with zero attached hydrogens (tertiary/aromatic N) is 5. The second kappa shape index (κ2) is 10.5. The fourth-order valence-electron chi connectivity index (χ4n) is 3.60. The minimum absolute atomic E-state index is 0.582. The van der Waals surface area contributed by atoms with Gasteiger partial charge in [0, 0.05) is 32.7 Å². The van der Waals surface area contributed by atoms with Crippen molar-refractivity contribution in [1.82, 2.24) is 15.0 Å². The Bertz CT molecular complexity index is 820. The maximum absolute atomic E-state index is 5.47. The van der Waals surface area contributed by atoms with E-state index in [1.807, 2.05) is 18.2 Å². The largest absolute Gasteiger partial charge is 0.493 e. The molecule has 31 heavy (non-hydrogen) atoms. The highest BCUT2D eigenvalue weighted by Crippen LogP contribution is 2.27. The van der Waals surface area contributed by atoms with Crippen molar-refractivity contribution in [3.8, 4) is 11.5 Å². The van der Waals surface area contributed by atoms with Gasteiger partial charge < -0.3 is 34.1 Å². The van der Waals surface area contributed by atoms with Gasteiger partial charge in [-0.25, -0.2) is 0 Å². The lowest BCUT2D eigenvalue weighted by molar-refractivity contribution is 0.121. The summed E-state index contributed by atoms with van der Waals surface area (Å²) in [7, 11) is 3.28. The average Bonchev–Trinajstić information content (AvgIpc) is 2.85. The molecule has 4 rings (SSSR count). The van der Waals surface area contributed by atoms with Crippen LogP contribution in [0.4, 0.5) is 17.8 Å². The van der Waals surface area contributed by atoms with Gasteiger partial charge in [-0.3, -0.25) is 0 Å². The Morgan fingerprint density at radius 1 is 0.839 bits per heavy atom. The molecule has 168 valence electrons. The minimum atomic E-state index is 0.582. The quantitative estimate of drug-likeness (QED) is 0.659. The zero-order valence-electron chi connectivity index (χ0n) is 18.2. The van der Waals surface area contributed by atoms with Gasteiger partial charge in [0.1, 0.15) is 0 Å². The van der Waals surface area contributed by atoms with Crippen LogP contribution in [0.5, 0.6) is 11.5 Å². The Kier molecular flexibility index (Phi) is 7.21. The third-order valence-corrected chi connectivity index (χ3v) is 5.34. The summed E-state index contributed by atoms with van der Waals surface area (Å²) in [5.41, 5.74) is 1.14. The summed E-state index contributed by atoms with van der Waals surface area (Å²) < 4.78 is 21.7. The van der Waals surface area contributed by atoms with Crippen LogP contribution in [0.3, 0.4) is 0 Å². The molecule has 0 unspecified atom stereocenters. The number of hydrogen-bond donors (Lipinski definition) is 1. The van der Waals surface area contributed by atoms with Crippen LogP contribution >= 0.6 is 0 Å². The molecule has 10 heteroatoms. The lowest BCUT2D eigenvalue weighted by Crippen LogP contribution is -2.40. The van der Waals surface area contributed by atoms with E-state index in [-0.39, 0.29) is 0 Å². The zero-order valence-corrected chi connectivity index (χ0v) is 18.2. The second-order valence-electron chi connectivity index (χ2n) is 7.32. The van der Waals surface area contributed by atoms with Gasteiger partial charge in [-0.1, -0.05) is 6.07 Å². The molecule has 2 fully saturated rings. The Hall–Kier alpha value is -2.85. The van der Waals surface area contributed by atoms with Gasteiger partial charge in [-0.05, 0) is 24.1 Å². The summed E-state index contributed by atoms with van der Waals surface area (Å²) in [6, 6.07) is 5.95. The molecule has 0 bridgehead atoms. The summed E-state index contributed by atoms with van der Waals surface area (Å²) in [6.07, 6.45) is 0.797. The van der Waals surface area contributed by atoms with Crippen molar-refractivity contribution in [3.05, 3.63) is 23.8 Å². The fraction of sp³-hybridized carbons (Fsp3) is 0.571. The number of ether oxygens (including phenoxy) is 4. The van der Waals surface area contributed by atoms with E-state index in [2.05, 4.69) is 25.1 Å². The summed E-state index contributed by atoms with van der Waals surface area (Å²) >= 11 is 0. The first kappa shape index (κ1) is 21.4. The molecular weight excluding hydrogens is 400 g/mol. The first-order valence-corrected chi connectivity index (χ1v) is 10.6. The molecule has 0 aliphatic carbocycles. The smallest absolute Gasteiger partial charge is 0.232 e. The Morgan fingerprint density at radius 2 is 1.42 bits per heavy atom. The summed E-state index contributed by atoms with van der Waals surface area (Å²) in [5, 5.41) is 3.37. The third kappa shape index (κ3) is 5.45. The summed E-state index contributed by atoms with van der Waals surface area (Å²) in [5.74, 6) is 3.41. The van der Waals surface area contributed by atoms with Crippen LogP contribution < -0.4 is 24.6 Å². The second-order valence-corrected chi connectivity index (χ2v) is 7.32. The number of benzene rings is 1. The average molecular weight is 431 g/mol. The number of morpholine rings is 2. The molecule has 2 aromatic rings. The fourth-order valence-corrected chi connectivity index (χ4v) is 3.60. The zero-order chi connectivity index (χ0) is 21.5. The predicted molar refractivity (Wildman–Crippen MR) is 118 cm³/mol. The van der Waals surface area contributed by atoms with Crippen molar-refractivity contribution in [1.29, 1.82) is 0 Å². The Labute approximate surface area is 182 Å². The molecule has 2 saturated heterocycles. The number of hydrogen-bond acceptors (Lipinski definition) is 10. The summed E-state index contributed by atoms with van der Waals surface area (Å²) in [6.45, 7) is 6.51. The molecule has 2 aliphatic rings. The van der Waals surface area contributed by atoms with Crippen molar-refractivity contribution in [2.24, 2.45) is 0 Å². The van der Waals surface area contributed by atoms with E-state index in [0.29, 0.717) is 50.8 Å². The normalized spacial score (nSPS) is 16.8. The van der Waals surface area contributed by atoms with Gasteiger partial charge >= 0.3 is 0 Å². The van der Waals surface area contributed by atoms with E-state index in [1.54, 1.807) is 14.2 Å². The van der Waals surface area contributed by atoms with E-state index in [4.69, 9.17) is 23.9 Å². The number of nitrogens with one attached hydrogen (secondary N) is 1. The van der Waals surface area contributed by atoms with E-state index in [1.165, 1.54) is 0 Å². The topological polar surface area (TPSA) is 94.1 Å². The summed E-state index contributed by atoms with van der Waals surface area (Å²) in [4.78, 5) is 18.4. The number of rotatable bonds is 8. The highest BCUT2D eigenvalue weighted by atomic mass is 16.5. The van der Waals surface area contributed by atoms with Crippen molar-refractivity contribution in [2.45, 2.75) is 6.42 Å². The van der Waals surface area contributed by atoms with Crippen molar-refractivity contribution in [3.63, 3.8) is 0 Å². The van der Waals surface area contributed by atoms with Crippen LogP contribution in [0, 0.1) is 0 Å². The molecule has 0 spiro atoms. The molecule has 2 aliphatic heterocycles. The lowest BCUT2D eigenvalue weighted by Gasteiger charge is -2.30. The van der Waals surface area contributed by atoms with Crippen LogP contribution in [0.1, 0.15) is 5.56 Å². The highest BCUT2D eigenvalue weighted by molar-refractivity contribution is 5.46. The van der Waals surface area contributed by atoms with Gasteiger partial charge in [0.25, 0.3) is 0 Å². The first-order valence-electron chi connectivity index (χ1n) is 10.6. The van der Waals surface area contributed by atoms with E-state index in [9.17, 15) is 0 Å². The Morgan fingerprint density at radius 3 is 1.97 bits per heavy atom. The van der Waals surface area contributed by atoms with Crippen LogP contribution in [0.25, 0.3) is 0 Å². The maximum atomic E-state index is 5.47. The number of methoxy groups -OCH3 is 2. The number of anilines is 3. The van der Waals surface area contributed by atoms with E-state index < -0.39 is 0 Å². The molecule has 0 saturated carbocycles. The monoisotopic (exact) mass is 430 g/mol. The minimum Gasteiger partial charge on any atom is -0.493 e. The van der Waals surface area contributed by atoms with Crippen molar-refractivity contribution in [2.75, 3.05) is 88.5 Å². The molecule has 1 aromatic carbocycles. The molecule has 1 N–H and O–H groups in total. The SMILES string of the molecule is COc1ccc(CCNc2nc(N3CCOCC3)nc(N3CCOCC3)n2)cc1OC. The molecule has 0 amide bonds. The van der Waals surface area contributed by atoms with Gasteiger partial charge in [-0.2, -0.15) is 15.0 Å². The number of aromatic nitrogens is 3. The third-order valence-electron chi connectivity index (χ3n) is 5.34. The first-order chi connectivity index (χ1) is 15.3. The van der Waals surface area contributed by atoms with Gasteiger partial charge in [0.15, 0.2) is 11.5 Å². The van der Waals surface area contributed by atoms with E-state index >= 15 is 0 Å². The Balaban J connectivity index is 1.47. The molecule has 3 heterocycles. The lowest BCUT2D eigenvalue weighted by atomic mass is 10.1. The molecule has 0 radical (unpaired) electrons. The molecule has 0 atom stereocenters. The van der Waals surface area contributed by atoms with Crippen LogP contribution in [-0.4, -0.2) is 88.3 Å². The molecule has 1 aromatic heterocycles. The van der Waals surface area contributed by atoms with Crippen LogP contribution in [0.15, 0.2) is 18.2 Å². The van der Waals surface area contributed by atoms with Crippen LogP contribution in [0.2, 0.25) is 0 Å². The van der Waals surface area contributed by atoms with Crippen LogP contribution in [-0.2, 0) is 15.9 Å². The molecule has 10 nitrogen and oxygen atoms in total. The highest BCUT2D eigenvalue weighted by Gasteiger charge is 2.20.